The molecule has 32 heavy (non-hydrogen) atoms. The second kappa shape index (κ2) is 13.6. The Hall–Kier alpha value is -1.96. The van der Waals surface area contributed by atoms with Crippen molar-refractivity contribution in [3.8, 4) is 0 Å². The van der Waals surface area contributed by atoms with Crippen molar-refractivity contribution in [2.24, 2.45) is 5.73 Å². The largest absolute Gasteiger partial charge is 0.374 e. The first-order chi connectivity index (χ1) is 15.0. The van der Waals surface area contributed by atoms with Gasteiger partial charge in [-0.25, -0.2) is 0 Å². The monoisotopic (exact) mass is 464 g/mol. The minimum Gasteiger partial charge on any atom is -0.374 e. The maximum Gasteiger partial charge on any atom is 0.249 e. The Morgan fingerprint density at radius 1 is 1.03 bits per heavy atom. The lowest BCUT2D eigenvalue weighted by molar-refractivity contribution is -0.133. The number of ketones is 1. The zero-order chi connectivity index (χ0) is 22.1. The zero-order valence-corrected chi connectivity index (χ0v) is 19.6. The van der Waals surface area contributed by atoms with E-state index in [1.54, 1.807) is 0 Å². The van der Waals surface area contributed by atoms with Crippen LogP contribution >= 0.6 is 12.4 Å². The van der Waals surface area contributed by atoms with Crippen LogP contribution in [0.15, 0.2) is 24.3 Å². The second-order valence-corrected chi connectivity index (χ2v) is 8.81. The number of unbranched alkanes of at least 4 members (excludes halogenated alkanes) is 3. The molecular weight excluding hydrogens is 428 g/mol. The normalized spacial score (nSPS) is 19.8. The van der Waals surface area contributed by atoms with E-state index in [4.69, 9.17) is 5.73 Å². The third-order valence-electron chi connectivity index (χ3n) is 6.36. The number of carbonyl (C=O) groups excluding carboxylic acids is 3. The molecule has 1 aromatic rings. The van der Waals surface area contributed by atoms with Crippen molar-refractivity contribution >= 4 is 35.7 Å². The molecule has 2 fully saturated rings. The number of amides is 2. The van der Waals surface area contributed by atoms with E-state index >= 15 is 0 Å². The van der Waals surface area contributed by atoms with Gasteiger partial charge in [-0.15, -0.1) is 12.4 Å². The maximum absolute atomic E-state index is 12.2. The van der Waals surface area contributed by atoms with Crippen molar-refractivity contribution in [3.05, 3.63) is 29.8 Å². The van der Waals surface area contributed by atoms with E-state index in [0.717, 1.165) is 63.8 Å². The van der Waals surface area contributed by atoms with E-state index in [1.165, 1.54) is 5.56 Å². The highest BCUT2D eigenvalue weighted by atomic mass is 35.5. The molecule has 1 unspecified atom stereocenters. The van der Waals surface area contributed by atoms with E-state index in [0.29, 0.717) is 37.5 Å². The number of rotatable bonds is 11. The van der Waals surface area contributed by atoms with E-state index in [-0.39, 0.29) is 30.3 Å². The van der Waals surface area contributed by atoms with Crippen LogP contribution < -0.4 is 16.4 Å². The fourth-order valence-corrected chi connectivity index (χ4v) is 4.46. The number of carbonyl (C=O) groups is 3. The number of hydrogen-bond donors (Lipinski definition) is 3. The SMILES string of the molecule is Cl.NCCCCCCC(=O)CN1CCC(c2ccc(NC3CCC(=O)NC3=O)cc2)CC1. The van der Waals surface area contributed by atoms with Crippen LogP contribution in [-0.2, 0) is 14.4 Å². The Morgan fingerprint density at radius 3 is 2.38 bits per heavy atom. The lowest BCUT2D eigenvalue weighted by Gasteiger charge is -2.32. The summed E-state index contributed by atoms with van der Waals surface area (Å²) >= 11 is 0. The Labute approximate surface area is 197 Å². The molecule has 0 aromatic heterocycles. The van der Waals surface area contributed by atoms with Gasteiger partial charge >= 0.3 is 0 Å². The fourth-order valence-electron chi connectivity index (χ4n) is 4.46. The summed E-state index contributed by atoms with van der Waals surface area (Å²) in [7, 11) is 0. The summed E-state index contributed by atoms with van der Waals surface area (Å²) in [6.07, 6.45) is 7.95. The van der Waals surface area contributed by atoms with Crippen LogP contribution in [0.4, 0.5) is 5.69 Å². The number of halogens is 1. The molecule has 3 rings (SSSR count). The molecule has 2 aliphatic rings. The first kappa shape index (κ1) is 26.3. The predicted octanol–water partition coefficient (Wildman–Crippen LogP) is 2.98. The summed E-state index contributed by atoms with van der Waals surface area (Å²) in [5.41, 5.74) is 7.70. The standard InChI is InChI=1S/C24H36N4O3.ClH/c25-14-4-2-1-3-5-21(29)17-28-15-12-19(13-16-28)18-6-8-20(9-7-18)26-22-10-11-23(30)27-24(22)31;/h6-9,19,22,26H,1-5,10-17,25H2,(H,27,30,31);1H. The first-order valence-corrected chi connectivity index (χ1v) is 11.7. The number of Topliss-reactive ketones (excluding diaryl/α,β-unsaturated/α-hetero) is 1. The predicted molar refractivity (Wildman–Crippen MR) is 129 cm³/mol. The molecule has 178 valence electrons. The molecule has 0 radical (unpaired) electrons. The molecule has 2 saturated heterocycles. The van der Waals surface area contributed by atoms with E-state index in [1.807, 2.05) is 12.1 Å². The maximum atomic E-state index is 12.2. The molecule has 0 spiro atoms. The molecule has 1 aromatic carbocycles. The van der Waals surface area contributed by atoms with E-state index in [9.17, 15) is 14.4 Å². The Morgan fingerprint density at radius 2 is 1.72 bits per heavy atom. The van der Waals surface area contributed by atoms with Crippen LogP contribution in [0.5, 0.6) is 0 Å². The molecule has 2 amide bonds. The van der Waals surface area contributed by atoms with Gasteiger partial charge in [0.15, 0.2) is 0 Å². The van der Waals surface area contributed by atoms with Crippen molar-refractivity contribution in [1.29, 1.82) is 0 Å². The van der Waals surface area contributed by atoms with Crippen molar-refractivity contribution in [2.75, 3.05) is 31.5 Å². The first-order valence-electron chi connectivity index (χ1n) is 11.7. The zero-order valence-electron chi connectivity index (χ0n) is 18.8. The highest BCUT2D eigenvalue weighted by molar-refractivity contribution is 6.01. The number of hydrogen-bond acceptors (Lipinski definition) is 6. The van der Waals surface area contributed by atoms with Crippen LogP contribution in [0, 0.1) is 0 Å². The van der Waals surface area contributed by atoms with Gasteiger partial charge in [0.25, 0.3) is 0 Å². The van der Waals surface area contributed by atoms with Crippen molar-refractivity contribution in [1.82, 2.24) is 10.2 Å². The van der Waals surface area contributed by atoms with Crippen LogP contribution in [0.25, 0.3) is 0 Å². The number of nitrogens with one attached hydrogen (secondary N) is 2. The van der Waals surface area contributed by atoms with Gasteiger partial charge in [-0.3, -0.25) is 24.6 Å². The van der Waals surface area contributed by atoms with E-state index in [2.05, 4.69) is 27.7 Å². The fraction of sp³-hybridized carbons (Fsp3) is 0.625. The lowest BCUT2D eigenvalue weighted by Crippen LogP contribution is -2.47. The summed E-state index contributed by atoms with van der Waals surface area (Å²) in [6.45, 7) is 3.24. The highest BCUT2D eigenvalue weighted by Crippen LogP contribution is 2.29. The Balaban J connectivity index is 0.00000363. The van der Waals surface area contributed by atoms with Crippen molar-refractivity contribution < 1.29 is 14.4 Å². The van der Waals surface area contributed by atoms with Crippen LogP contribution in [0.3, 0.4) is 0 Å². The number of benzene rings is 1. The molecule has 0 saturated carbocycles. The third-order valence-corrected chi connectivity index (χ3v) is 6.36. The number of piperidine rings is 2. The molecule has 0 bridgehead atoms. The van der Waals surface area contributed by atoms with Crippen LogP contribution in [0.1, 0.15) is 69.3 Å². The number of nitrogens with zero attached hydrogens (tertiary/aromatic N) is 1. The Kier molecular flexibility index (Phi) is 11.1. The molecule has 2 heterocycles. The highest BCUT2D eigenvalue weighted by Gasteiger charge is 2.26. The quantitative estimate of drug-likeness (QED) is 0.343. The molecule has 8 heteroatoms. The average Bonchev–Trinajstić information content (AvgIpc) is 2.77. The Bertz CT molecular complexity index is 748. The third kappa shape index (κ3) is 8.19. The lowest BCUT2D eigenvalue weighted by atomic mass is 9.89. The van der Waals surface area contributed by atoms with Gasteiger partial charge in [0.2, 0.25) is 11.8 Å². The van der Waals surface area contributed by atoms with Crippen molar-refractivity contribution in [2.45, 2.75) is 69.7 Å². The minimum atomic E-state index is -0.356. The van der Waals surface area contributed by atoms with Gasteiger partial charge in [-0.1, -0.05) is 25.0 Å². The van der Waals surface area contributed by atoms with Gasteiger partial charge in [-0.05, 0) is 75.4 Å². The number of nitrogens with two attached hydrogens (primary N) is 1. The summed E-state index contributed by atoms with van der Waals surface area (Å²) in [6, 6.07) is 7.92. The summed E-state index contributed by atoms with van der Waals surface area (Å²) in [5.74, 6) is 0.411. The summed E-state index contributed by atoms with van der Waals surface area (Å²) < 4.78 is 0. The van der Waals surface area contributed by atoms with Crippen LogP contribution in [-0.4, -0.2) is 54.7 Å². The van der Waals surface area contributed by atoms with E-state index < -0.39 is 0 Å². The smallest absolute Gasteiger partial charge is 0.249 e. The molecular formula is C24H37ClN4O3. The van der Waals surface area contributed by atoms with Gasteiger partial charge in [0.05, 0.1) is 6.54 Å². The number of imide groups is 1. The molecule has 7 nitrogen and oxygen atoms in total. The van der Waals surface area contributed by atoms with Gasteiger partial charge < -0.3 is 11.1 Å². The second-order valence-electron chi connectivity index (χ2n) is 8.81. The number of likely N-dealkylation sites (tertiary alicyclic amines) is 1. The van der Waals surface area contributed by atoms with Gasteiger partial charge in [-0.2, -0.15) is 0 Å². The van der Waals surface area contributed by atoms with Gasteiger partial charge in [0.1, 0.15) is 11.8 Å². The van der Waals surface area contributed by atoms with Crippen LogP contribution in [0.2, 0.25) is 0 Å². The number of anilines is 1. The average molecular weight is 465 g/mol. The molecule has 4 N–H and O–H groups in total. The van der Waals surface area contributed by atoms with Gasteiger partial charge in [0, 0.05) is 18.5 Å². The molecule has 1 atom stereocenters. The summed E-state index contributed by atoms with van der Waals surface area (Å²) in [5, 5.41) is 5.60. The topological polar surface area (TPSA) is 105 Å². The summed E-state index contributed by atoms with van der Waals surface area (Å²) in [4.78, 5) is 37.7. The minimum absolute atomic E-state index is 0. The molecule has 2 aliphatic heterocycles. The molecule has 0 aliphatic carbocycles. The van der Waals surface area contributed by atoms with Crippen molar-refractivity contribution in [3.63, 3.8) is 0 Å².